The van der Waals surface area contributed by atoms with E-state index < -0.39 is 0 Å². The molecule has 3 nitrogen and oxygen atoms in total. The Hall–Kier alpha value is -0.190. The lowest BCUT2D eigenvalue weighted by Crippen LogP contribution is -2.37. The van der Waals surface area contributed by atoms with Crippen molar-refractivity contribution in [1.29, 1.82) is 0 Å². The fraction of sp³-hybridized carbons (Fsp3) is 0.900. The molecule has 2 N–H and O–H groups in total. The van der Waals surface area contributed by atoms with Crippen molar-refractivity contribution in [3.05, 3.63) is 0 Å². The van der Waals surface area contributed by atoms with Crippen LogP contribution in [0.3, 0.4) is 0 Å². The largest absolute Gasteiger partial charge is 0.393 e. The number of rotatable bonds is 5. The van der Waals surface area contributed by atoms with Crippen LogP contribution in [0.25, 0.3) is 0 Å². The Bertz CT molecular complexity index is 179. The lowest BCUT2D eigenvalue weighted by Gasteiger charge is -2.31. The summed E-state index contributed by atoms with van der Waals surface area (Å²) in [5.41, 5.74) is 5.44. The molecule has 14 heavy (non-hydrogen) atoms. The van der Waals surface area contributed by atoms with Gasteiger partial charge in [0.2, 0.25) is 0 Å². The van der Waals surface area contributed by atoms with E-state index in [1.807, 2.05) is 0 Å². The van der Waals surface area contributed by atoms with Gasteiger partial charge in [-0.2, -0.15) is 0 Å². The number of ether oxygens (including phenoxy) is 1. The predicted octanol–water partition coefficient (Wildman–Crippen LogP) is 1.16. The number of likely N-dealkylation sites (tertiary alicyclic amines) is 1. The van der Waals surface area contributed by atoms with Gasteiger partial charge in [0, 0.05) is 20.2 Å². The van der Waals surface area contributed by atoms with Crippen LogP contribution in [0.2, 0.25) is 0 Å². The van der Waals surface area contributed by atoms with Crippen LogP contribution in [0.15, 0.2) is 0 Å². The normalized spacial score (nSPS) is 19.8. The van der Waals surface area contributed by atoms with E-state index in [4.69, 9.17) is 22.7 Å². The summed E-state index contributed by atoms with van der Waals surface area (Å²) in [6, 6.07) is 0. The van der Waals surface area contributed by atoms with Gasteiger partial charge in [-0.3, -0.25) is 0 Å². The number of thiocarbonyl (C=S) groups is 1. The van der Waals surface area contributed by atoms with Crippen molar-refractivity contribution in [3.63, 3.8) is 0 Å². The fourth-order valence-electron chi connectivity index (χ4n) is 1.85. The molecule has 0 saturated carbocycles. The molecule has 82 valence electrons. The standard InChI is InChI=1S/C10H20N2OS/c1-13-9-4-7-12(8-5-9)6-2-3-10(11)14/h9H,2-8H2,1H3,(H2,11,14). The minimum absolute atomic E-state index is 0.474. The van der Waals surface area contributed by atoms with Crippen molar-refractivity contribution >= 4 is 17.2 Å². The second-order valence-electron chi connectivity index (χ2n) is 3.85. The maximum absolute atomic E-state index is 5.44. The lowest BCUT2D eigenvalue weighted by atomic mass is 10.1. The van der Waals surface area contributed by atoms with Gasteiger partial charge in [-0.25, -0.2) is 0 Å². The first-order valence-electron chi connectivity index (χ1n) is 5.26. The van der Waals surface area contributed by atoms with Crippen LogP contribution in [0.4, 0.5) is 0 Å². The highest BCUT2D eigenvalue weighted by molar-refractivity contribution is 7.80. The van der Waals surface area contributed by atoms with E-state index in [1.54, 1.807) is 7.11 Å². The van der Waals surface area contributed by atoms with Gasteiger partial charge in [-0.05, 0) is 32.2 Å². The van der Waals surface area contributed by atoms with Gasteiger partial charge in [0.05, 0.1) is 11.1 Å². The van der Waals surface area contributed by atoms with Crippen LogP contribution in [0.1, 0.15) is 25.7 Å². The Morgan fingerprint density at radius 3 is 2.64 bits per heavy atom. The van der Waals surface area contributed by atoms with Crippen molar-refractivity contribution in [2.24, 2.45) is 5.73 Å². The van der Waals surface area contributed by atoms with E-state index in [1.165, 1.54) is 0 Å². The Kier molecular flexibility index (Phi) is 5.37. The van der Waals surface area contributed by atoms with Crippen molar-refractivity contribution < 1.29 is 4.74 Å². The van der Waals surface area contributed by atoms with Gasteiger partial charge in [0.1, 0.15) is 0 Å². The van der Waals surface area contributed by atoms with Crippen LogP contribution in [0, 0.1) is 0 Å². The predicted molar refractivity (Wildman–Crippen MR) is 62.5 cm³/mol. The number of methoxy groups -OCH3 is 1. The van der Waals surface area contributed by atoms with Gasteiger partial charge < -0.3 is 15.4 Å². The van der Waals surface area contributed by atoms with Crippen LogP contribution in [-0.4, -0.2) is 42.7 Å². The summed E-state index contributed by atoms with van der Waals surface area (Å²) in [5, 5.41) is 0. The molecule has 4 heteroatoms. The van der Waals surface area contributed by atoms with Gasteiger partial charge in [0.15, 0.2) is 0 Å². The first-order valence-corrected chi connectivity index (χ1v) is 5.66. The Labute approximate surface area is 91.6 Å². The quantitative estimate of drug-likeness (QED) is 0.700. The maximum Gasteiger partial charge on any atom is 0.0727 e. The summed E-state index contributed by atoms with van der Waals surface area (Å²) in [6.45, 7) is 3.42. The molecule has 1 aliphatic heterocycles. The molecular formula is C10H20N2OS. The molecule has 0 amide bonds. The van der Waals surface area contributed by atoms with E-state index in [2.05, 4.69) is 4.90 Å². The SMILES string of the molecule is COC1CCN(CCCC(N)=S)CC1. The number of nitrogens with zero attached hydrogens (tertiary/aromatic N) is 1. The molecule has 0 aliphatic carbocycles. The number of hydrogen-bond donors (Lipinski definition) is 1. The zero-order valence-electron chi connectivity index (χ0n) is 8.87. The molecule has 0 spiro atoms. The summed E-state index contributed by atoms with van der Waals surface area (Å²) in [5.74, 6) is 0. The summed E-state index contributed by atoms with van der Waals surface area (Å²) >= 11 is 4.84. The van der Waals surface area contributed by atoms with Gasteiger partial charge >= 0.3 is 0 Å². The van der Waals surface area contributed by atoms with Crippen LogP contribution in [-0.2, 0) is 4.74 Å². The van der Waals surface area contributed by atoms with Crippen molar-refractivity contribution in [2.75, 3.05) is 26.7 Å². The highest BCUT2D eigenvalue weighted by Crippen LogP contribution is 2.13. The molecule has 0 bridgehead atoms. The first-order chi connectivity index (χ1) is 6.72. The lowest BCUT2D eigenvalue weighted by molar-refractivity contribution is 0.0410. The average molecular weight is 216 g/mol. The van der Waals surface area contributed by atoms with Crippen molar-refractivity contribution in [3.8, 4) is 0 Å². The molecule has 1 saturated heterocycles. The molecule has 1 heterocycles. The second-order valence-corrected chi connectivity index (χ2v) is 4.37. The Balaban J connectivity index is 2.07. The zero-order chi connectivity index (χ0) is 10.4. The van der Waals surface area contributed by atoms with E-state index in [0.29, 0.717) is 11.1 Å². The maximum atomic E-state index is 5.44. The molecule has 1 rings (SSSR count). The van der Waals surface area contributed by atoms with Crippen LogP contribution < -0.4 is 5.73 Å². The Morgan fingerprint density at radius 1 is 1.50 bits per heavy atom. The molecule has 1 fully saturated rings. The third kappa shape index (κ3) is 4.35. The molecule has 0 aromatic heterocycles. The summed E-state index contributed by atoms with van der Waals surface area (Å²) in [4.78, 5) is 3.10. The first kappa shape index (κ1) is 11.9. The number of hydrogen-bond acceptors (Lipinski definition) is 3. The fourth-order valence-corrected chi connectivity index (χ4v) is 1.99. The van der Waals surface area contributed by atoms with Crippen molar-refractivity contribution in [2.45, 2.75) is 31.8 Å². The minimum atomic E-state index is 0.474. The van der Waals surface area contributed by atoms with E-state index in [0.717, 1.165) is 45.3 Å². The smallest absolute Gasteiger partial charge is 0.0727 e. The highest BCUT2D eigenvalue weighted by atomic mass is 32.1. The third-order valence-electron chi connectivity index (χ3n) is 2.77. The molecular weight excluding hydrogens is 196 g/mol. The molecule has 0 aromatic carbocycles. The molecule has 0 atom stereocenters. The van der Waals surface area contributed by atoms with Gasteiger partial charge in [0.25, 0.3) is 0 Å². The molecule has 0 aromatic rings. The average Bonchev–Trinajstić information content (AvgIpc) is 2.18. The topological polar surface area (TPSA) is 38.5 Å². The summed E-state index contributed by atoms with van der Waals surface area (Å²) in [6.07, 6.45) is 4.75. The van der Waals surface area contributed by atoms with Crippen molar-refractivity contribution in [1.82, 2.24) is 4.90 Å². The highest BCUT2D eigenvalue weighted by Gasteiger charge is 2.17. The van der Waals surface area contributed by atoms with Crippen LogP contribution >= 0.6 is 12.2 Å². The van der Waals surface area contributed by atoms with E-state index in [9.17, 15) is 0 Å². The molecule has 0 radical (unpaired) electrons. The number of piperidine rings is 1. The summed E-state index contributed by atoms with van der Waals surface area (Å²) < 4.78 is 5.31. The van der Waals surface area contributed by atoms with Crippen LogP contribution in [0.5, 0.6) is 0 Å². The molecule has 1 aliphatic rings. The second kappa shape index (κ2) is 6.32. The Morgan fingerprint density at radius 2 is 2.14 bits per heavy atom. The van der Waals surface area contributed by atoms with Gasteiger partial charge in [-0.15, -0.1) is 0 Å². The summed E-state index contributed by atoms with van der Waals surface area (Å²) in [7, 11) is 1.80. The zero-order valence-corrected chi connectivity index (χ0v) is 9.68. The van der Waals surface area contributed by atoms with E-state index in [-0.39, 0.29) is 0 Å². The minimum Gasteiger partial charge on any atom is -0.393 e. The van der Waals surface area contributed by atoms with E-state index >= 15 is 0 Å². The van der Waals surface area contributed by atoms with Gasteiger partial charge in [-0.1, -0.05) is 12.2 Å². The number of nitrogens with two attached hydrogens (primary N) is 1. The monoisotopic (exact) mass is 216 g/mol. The molecule has 0 unspecified atom stereocenters. The third-order valence-corrected chi connectivity index (χ3v) is 2.97.